The highest BCUT2D eigenvalue weighted by Crippen LogP contribution is 2.36. The van der Waals surface area contributed by atoms with E-state index < -0.39 is 11.8 Å². The summed E-state index contributed by atoms with van der Waals surface area (Å²) in [4.78, 5) is 25.1. The number of aromatic nitrogens is 1. The summed E-state index contributed by atoms with van der Waals surface area (Å²) in [5, 5.41) is 1.05. The number of hydrogen-bond donors (Lipinski definition) is 2. The number of amides is 2. The second-order valence-electron chi connectivity index (χ2n) is 6.42. The molecule has 29 heavy (non-hydrogen) atoms. The van der Waals surface area contributed by atoms with Crippen LogP contribution in [0.3, 0.4) is 0 Å². The van der Waals surface area contributed by atoms with Gasteiger partial charge in [0, 0.05) is 29.7 Å². The molecule has 7 nitrogen and oxygen atoms in total. The summed E-state index contributed by atoms with van der Waals surface area (Å²) in [6, 6.07) is 10.5. The number of aryl methyl sites for hydroxylation is 1. The zero-order chi connectivity index (χ0) is 21.0. The molecule has 3 aromatic rings. The maximum absolute atomic E-state index is 12.6. The number of hydrogen-bond acceptors (Lipinski definition) is 4. The Morgan fingerprint density at radius 3 is 2.59 bits per heavy atom. The van der Waals surface area contributed by atoms with Crippen molar-refractivity contribution < 1.29 is 19.1 Å². The van der Waals surface area contributed by atoms with E-state index in [4.69, 9.17) is 21.1 Å². The van der Waals surface area contributed by atoms with Gasteiger partial charge in [-0.25, -0.2) is 0 Å². The molecule has 3 rings (SSSR count). The van der Waals surface area contributed by atoms with Gasteiger partial charge in [-0.05, 0) is 24.6 Å². The summed E-state index contributed by atoms with van der Waals surface area (Å²) in [5.41, 5.74) is 6.46. The number of carbonyl (C=O) groups excluding carboxylic acids is 2. The average molecular weight is 416 g/mol. The number of ether oxygens (including phenoxy) is 2. The Labute approximate surface area is 173 Å². The lowest BCUT2D eigenvalue weighted by atomic mass is 10.1. The molecule has 0 aliphatic carbocycles. The molecule has 0 saturated carbocycles. The SMILES string of the molecule is CCCOc1c(Cl)cc(C(=O)NNC(=O)c2cn(C)c3ccccc23)cc1OC. The number of rotatable bonds is 6. The number of carbonyl (C=O) groups is 2. The molecule has 1 aromatic heterocycles. The third kappa shape index (κ3) is 4.30. The number of nitrogens with one attached hydrogen (secondary N) is 2. The number of nitrogens with zero attached hydrogens (tertiary/aromatic N) is 1. The van der Waals surface area contributed by atoms with Crippen molar-refractivity contribution in [3.8, 4) is 11.5 Å². The van der Waals surface area contributed by atoms with Crippen LogP contribution in [0.4, 0.5) is 0 Å². The molecule has 2 aromatic carbocycles. The highest BCUT2D eigenvalue weighted by atomic mass is 35.5. The zero-order valence-electron chi connectivity index (χ0n) is 16.4. The molecule has 0 bridgehead atoms. The Bertz CT molecular complexity index is 1060. The maximum atomic E-state index is 12.6. The van der Waals surface area contributed by atoms with E-state index in [1.165, 1.54) is 19.2 Å². The Hall–Kier alpha value is -3.19. The van der Waals surface area contributed by atoms with Crippen molar-refractivity contribution in [2.45, 2.75) is 13.3 Å². The maximum Gasteiger partial charge on any atom is 0.271 e. The first kappa shape index (κ1) is 20.5. The monoisotopic (exact) mass is 415 g/mol. The molecule has 1 heterocycles. The van der Waals surface area contributed by atoms with Crippen LogP contribution in [0.15, 0.2) is 42.6 Å². The van der Waals surface area contributed by atoms with Crippen molar-refractivity contribution in [2.75, 3.05) is 13.7 Å². The van der Waals surface area contributed by atoms with E-state index >= 15 is 0 Å². The van der Waals surface area contributed by atoms with Gasteiger partial charge >= 0.3 is 0 Å². The first-order valence-corrected chi connectivity index (χ1v) is 9.49. The van der Waals surface area contributed by atoms with Crippen LogP contribution in [-0.4, -0.2) is 30.1 Å². The molecule has 8 heteroatoms. The van der Waals surface area contributed by atoms with Gasteiger partial charge in [0.2, 0.25) is 0 Å². The minimum absolute atomic E-state index is 0.230. The number of para-hydroxylation sites is 1. The van der Waals surface area contributed by atoms with E-state index in [0.717, 1.165) is 17.3 Å². The van der Waals surface area contributed by atoms with Gasteiger partial charge in [-0.15, -0.1) is 0 Å². The fourth-order valence-electron chi connectivity index (χ4n) is 2.97. The van der Waals surface area contributed by atoms with Crippen LogP contribution >= 0.6 is 11.6 Å². The third-order valence-corrected chi connectivity index (χ3v) is 4.65. The summed E-state index contributed by atoms with van der Waals surface area (Å²) in [5.74, 6) is -0.222. The van der Waals surface area contributed by atoms with Crippen molar-refractivity contribution in [1.82, 2.24) is 15.4 Å². The molecule has 0 atom stereocenters. The summed E-state index contributed by atoms with van der Waals surface area (Å²) in [6.07, 6.45) is 2.52. The highest BCUT2D eigenvalue weighted by Gasteiger charge is 2.18. The minimum Gasteiger partial charge on any atom is -0.493 e. The second-order valence-corrected chi connectivity index (χ2v) is 6.82. The number of halogens is 1. The van der Waals surface area contributed by atoms with Gasteiger partial charge in [-0.1, -0.05) is 36.7 Å². The number of fused-ring (bicyclic) bond motifs is 1. The molecule has 152 valence electrons. The summed E-state index contributed by atoms with van der Waals surface area (Å²) in [6.45, 7) is 2.45. The van der Waals surface area contributed by atoms with E-state index in [-0.39, 0.29) is 10.6 Å². The van der Waals surface area contributed by atoms with Gasteiger partial charge < -0.3 is 14.0 Å². The van der Waals surface area contributed by atoms with E-state index in [2.05, 4.69) is 10.9 Å². The Kier molecular flexibility index (Phi) is 6.29. The lowest BCUT2D eigenvalue weighted by molar-refractivity contribution is 0.0847. The van der Waals surface area contributed by atoms with Gasteiger partial charge in [0.15, 0.2) is 11.5 Å². The van der Waals surface area contributed by atoms with Crippen LogP contribution in [-0.2, 0) is 7.05 Å². The molecule has 0 unspecified atom stereocenters. The number of benzene rings is 2. The lowest BCUT2D eigenvalue weighted by Crippen LogP contribution is -2.41. The van der Waals surface area contributed by atoms with Gasteiger partial charge in [-0.3, -0.25) is 20.4 Å². The Balaban J connectivity index is 1.75. The number of hydrazine groups is 1. The normalized spacial score (nSPS) is 10.6. The standard InChI is InChI=1S/C21H22ClN3O4/c1-4-9-29-19-16(22)10-13(11-18(19)28-3)20(26)23-24-21(27)15-12-25(2)17-8-6-5-7-14(15)17/h5-8,10-12H,4,9H2,1-3H3,(H,23,26)(H,24,27). The first-order chi connectivity index (χ1) is 14.0. The zero-order valence-corrected chi connectivity index (χ0v) is 17.2. The Morgan fingerprint density at radius 1 is 1.14 bits per heavy atom. The van der Waals surface area contributed by atoms with E-state index in [0.29, 0.717) is 23.7 Å². The van der Waals surface area contributed by atoms with Crippen molar-refractivity contribution >= 4 is 34.3 Å². The molecule has 0 fully saturated rings. The van der Waals surface area contributed by atoms with E-state index in [9.17, 15) is 9.59 Å². The quantitative estimate of drug-likeness (QED) is 0.601. The molecule has 0 aliphatic heterocycles. The van der Waals surface area contributed by atoms with E-state index in [1.807, 2.05) is 42.8 Å². The Morgan fingerprint density at radius 2 is 1.86 bits per heavy atom. The molecule has 0 saturated heterocycles. The van der Waals surface area contributed by atoms with Gasteiger partial charge in [0.1, 0.15) is 0 Å². The van der Waals surface area contributed by atoms with Crippen LogP contribution < -0.4 is 20.3 Å². The molecule has 0 radical (unpaired) electrons. The molecule has 0 spiro atoms. The lowest BCUT2D eigenvalue weighted by Gasteiger charge is -2.14. The predicted molar refractivity (Wildman–Crippen MR) is 112 cm³/mol. The molecule has 0 aliphatic rings. The largest absolute Gasteiger partial charge is 0.493 e. The van der Waals surface area contributed by atoms with Crippen LogP contribution in [0.25, 0.3) is 10.9 Å². The van der Waals surface area contributed by atoms with Gasteiger partial charge in [0.25, 0.3) is 11.8 Å². The van der Waals surface area contributed by atoms with Crippen molar-refractivity contribution in [1.29, 1.82) is 0 Å². The van der Waals surface area contributed by atoms with Crippen molar-refractivity contribution in [3.05, 3.63) is 58.7 Å². The summed E-state index contributed by atoms with van der Waals surface area (Å²) < 4.78 is 12.7. The van der Waals surface area contributed by atoms with Crippen LogP contribution in [0.2, 0.25) is 5.02 Å². The van der Waals surface area contributed by atoms with E-state index in [1.54, 1.807) is 6.20 Å². The van der Waals surface area contributed by atoms with Gasteiger partial charge in [0.05, 0.1) is 24.3 Å². The van der Waals surface area contributed by atoms with Crippen molar-refractivity contribution in [2.24, 2.45) is 7.05 Å². The smallest absolute Gasteiger partial charge is 0.271 e. The summed E-state index contributed by atoms with van der Waals surface area (Å²) in [7, 11) is 3.32. The van der Waals surface area contributed by atoms with Crippen molar-refractivity contribution in [3.63, 3.8) is 0 Å². The topological polar surface area (TPSA) is 81.6 Å². The predicted octanol–water partition coefficient (Wildman–Crippen LogP) is 3.70. The minimum atomic E-state index is -0.527. The summed E-state index contributed by atoms with van der Waals surface area (Å²) >= 11 is 6.24. The second kappa shape index (κ2) is 8.87. The molecular formula is C21H22ClN3O4. The highest BCUT2D eigenvalue weighted by molar-refractivity contribution is 6.32. The van der Waals surface area contributed by atoms with Crippen LogP contribution in [0.5, 0.6) is 11.5 Å². The van der Waals surface area contributed by atoms with Crippen LogP contribution in [0, 0.1) is 0 Å². The molecule has 2 N–H and O–H groups in total. The number of methoxy groups -OCH3 is 1. The average Bonchev–Trinajstić information content (AvgIpc) is 3.07. The fraction of sp³-hybridized carbons (Fsp3) is 0.238. The van der Waals surface area contributed by atoms with Gasteiger partial charge in [-0.2, -0.15) is 0 Å². The molecule has 2 amide bonds. The first-order valence-electron chi connectivity index (χ1n) is 9.11. The van der Waals surface area contributed by atoms with Crippen LogP contribution in [0.1, 0.15) is 34.1 Å². The third-order valence-electron chi connectivity index (χ3n) is 4.37. The fourth-order valence-corrected chi connectivity index (χ4v) is 3.24. The molecular weight excluding hydrogens is 394 g/mol.